The van der Waals surface area contributed by atoms with Crippen LogP contribution in [0.25, 0.3) is 16.9 Å². The summed E-state index contributed by atoms with van der Waals surface area (Å²) in [7, 11) is 0. The van der Waals surface area contributed by atoms with Gasteiger partial charge in [0.2, 0.25) is 5.89 Å². The lowest BCUT2D eigenvalue weighted by Crippen LogP contribution is -2.28. The minimum absolute atomic E-state index is 0.720. The summed E-state index contributed by atoms with van der Waals surface area (Å²) in [5.74, 6) is 1.53. The Morgan fingerprint density at radius 2 is 1.80 bits per heavy atom. The van der Waals surface area contributed by atoms with E-state index in [1.807, 2.05) is 24.3 Å². The van der Waals surface area contributed by atoms with E-state index in [0.717, 1.165) is 48.3 Å². The fourth-order valence-corrected chi connectivity index (χ4v) is 3.22. The highest BCUT2D eigenvalue weighted by Gasteiger charge is 2.15. The van der Waals surface area contributed by atoms with Crippen molar-refractivity contribution in [2.75, 3.05) is 13.1 Å². The van der Waals surface area contributed by atoms with Crippen molar-refractivity contribution in [1.29, 1.82) is 0 Å². The summed E-state index contributed by atoms with van der Waals surface area (Å²) < 4.78 is 5.91. The highest BCUT2D eigenvalue weighted by Crippen LogP contribution is 2.25. The fraction of sp³-hybridized carbons (Fsp3) is 0.190. The van der Waals surface area contributed by atoms with Crippen molar-refractivity contribution in [3.63, 3.8) is 0 Å². The molecule has 3 aromatic rings. The minimum atomic E-state index is 0.720. The van der Waals surface area contributed by atoms with E-state index in [-0.39, 0.29) is 0 Å². The smallest absolute Gasteiger partial charge is 0.209 e. The first-order valence-corrected chi connectivity index (χ1v) is 8.83. The zero-order valence-corrected chi connectivity index (χ0v) is 14.6. The molecule has 2 heterocycles. The average molecular weight is 351 g/mol. The molecule has 1 aliphatic rings. The van der Waals surface area contributed by atoms with E-state index in [1.165, 1.54) is 11.1 Å². The van der Waals surface area contributed by atoms with Crippen LogP contribution in [-0.2, 0) is 6.54 Å². The number of oxazole rings is 1. The van der Waals surface area contributed by atoms with Gasteiger partial charge >= 0.3 is 0 Å². The van der Waals surface area contributed by atoms with Crippen molar-refractivity contribution in [2.45, 2.75) is 13.0 Å². The standard InChI is InChI=1S/C21H19ClN2O/c22-19-8-6-18(7-9-19)20-14-23-21(25-20)15-24-12-10-17(11-13-24)16-4-2-1-3-5-16/h1-10,14H,11-13,15H2. The van der Waals surface area contributed by atoms with Gasteiger partial charge in [-0.15, -0.1) is 0 Å². The number of hydrogen-bond donors (Lipinski definition) is 0. The van der Waals surface area contributed by atoms with Gasteiger partial charge in [0.15, 0.2) is 5.76 Å². The van der Waals surface area contributed by atoms with E-state index in [2.05, 4.69) is 46.3 Å². The zero-order chi connectivity index (χ0) is 17.1. The molecule has 3 nitrogen and oxygen atoms in total. The first-order valence-electron chi connectivity index (χ1n) is 8.45. The maximum absolute atomic E-state index is 5.93. The normalized spacial score (nSPS) is 15.2. The van der Waals surface area contributed by atoms with E-state index >= 15 is 0 Å². The van der Waals surface area contributed by atoms with Crippen LogP contribution in [0, 0.1) is 0 Å². The SMILES string of the molecule is Clc1ccc(-c2cnc(CN3CC=C(c4ccccc4)CC3)o2)cc1. The second-order valence-electron chi connectivity index (χ2n) is 6.21. The van der Waals surface area contributed by atoms with Crippen LogP contribution in [0.5, 0.6) is 0 Å². The maximum Gasteiger partial charge on any atom is 0.209 e. The molecule has 0 bridgehead atoms. The molecule has 4 rings (SSSR count). The molecule has 0 amide bonds. The number of nitrogens with zero attached hydrogens (tertiary/aromatic N) is 2. The molecule has 25 heavy (non-hydrogen) atoms. The molecule has 1 aliphatic heterocycles. The Bertz CT molecular complexity index is 868. The van der Waals surface area contributed by atoms with Gasteiger partial charge in [0, 0.05) is 23.7 Å². The number of hydrogen-bond acceptors (Lipinski definition) is 3. The summed E-state index contributed by atoms with van der Waals surface area (Å²) >= 11 is 5.93. The number of halogens is 1. The Kier molecular flexibility index (Phi) is 4.68. The van der Waals surface area contributed by atoms with Gasteiger partial charge in [-0.25, -0.2) is 4.98 Å². The topological polar surface area (TPSA) is 29.3 Å². The maximum atomic E-state index is 5.93. The summed E-state index contributed by atoms with van der Waals surface area (Å²) in [5, 5.41) is 0.720. The number of benzene rings is 2. The molecular formula is C21H19ClN2O. The third kappa shape index (κ3) is 3.84. The van der Waals surface area contributed by atoms with E-state index in [1.54, 1.807) is 6.20 Å². The van der Waals surface area contributed by atoms with Crippen LogP contribution in [-0.4, -0.2) is 23.0 Å². The Labute approximate surface area is 152 Å². The molecule has 0 spiro atoms. The monoisotopic (exact) mass is 350 g/mol. The van der Waals surface area contributed by atoms with Crippen molar-refractivity contribution in [3.8, 4) is 11.3 Å². The van der Waals surface area contributed by atoms with Crippen LogP contribution in [0.4, 0.5) is 0 Å². The molecule has 0 aliphatic carbocycles. The lowest BCUT2D eigenvalue weighted by molar-refractivity contribution is 0.263. The molecule has 0 saturated heterocycles. The van der Waals surface area contributed by atoms with Crippen molar-refractivity contribution in [3.05, 3.63) is 83.3 Å². The van der Waals surface area contributed by atoms with Gasteiger partial charge in [-0.05, 0) is 41.8 Å². The lowest BCUT2D eigenvalue weighted by atomic mass is 10.00. The zero-order valence-electron chi connectivity index (χ0n) is 13.9. The fourth-order valence-electron chi connectivity index (χ4n) is 3.09. The van der Waals surface area contributed by atoms with E-state index in [9.17, 15) is 0 Å². The molecule has 0 N–H and O–H groups in total. The van der Waals surface area contributed by atoms with Gasteiger partial charge in [0.05, 0.1) is 12.7 Å². The molecule has 0 atom stereocenters. The minimum Gasteiger partial charge on any atom is -0.439 e. The summed E-state index contributed by atoms with van der Waals surface area (Å²) in [6.07, 6.45) is 5.14. The molecule has 2 aromatic carbocycles. The summed E-state index contributed by atoms with van der Waals surface area (Å²) in [4.78, 5) is 6.78. The predicted octanol–water partition coefficient (Wildman–Crippen LogP) is 5.28. The quantitative estimate of drug-likeness (QED) is 0.640. The third-order valence-electron chi connectivity index (χ3n) is 4.48. The van der Waals surface area contributed by atoms with E-state index in [0.29, 0.717) is 0 Å². The van der Waals surface area contributed by atoms with Gasteiger partial charge in [0.1, 0.15) is 0 Å². The van der Waals surface area contributed by atoms with Gasteiger partial charge in [-0.2, -0.15) is 0 Å². The predicted molar refractivity (Wildman–Crippen MR) is 101 cm³/mol. The molecule has 0 fully saturated rings. The van der Waals surface area contributed by atoms with Crippen LogP contribution in [0.2, 0.25) is 5.02 Å². The van der Waals surface area contributed by atoms with Crippen LogP contribution in [0.3, 0.4) is 0 Å². The lowest BCUT2D eigenvalue weighted by Gasteiger charge is -2.25. The van der Waals surface area contributed by atoms with Gasteiger partial charge in [0.25, 0.3) is 0 Å². The summed E-state index contributed by atoms with van der Waals surface area (Å²) in [5.41, 5.74) is 3.74. The van der Waals surface area contributed by atoms with Crippen molar-refractivity contribution in [2.24, 2.45) is 0 Å². The third-order valence-corrected chi connectivity index (χ3v) is 4.73. The van der Waals surface area contributed by atoms with Crippen LogP contribution >= 0.6 is 11.6 Å². The molecule has 1 aromatic heterocycles. The Morgan fingerprint density at radius 3 is 2.52 bits per heavy atom. The number of aromatic nitrogens is 1. The Balaban J connectivity index is 1.41. The van der Waals surface area contributed by atoms with Crippen LogP contribution in [0.15, 0.2) is 71.3 Å². The Morgan fingerprint density at radius 1 is 1.00 bits per heavy atom. The largest absolute Gasteiger partial charge is 0.439 e. The average Bonchev–Trinajstić information content (AvgIpc) is 3.12. The molecule has 0 saturated carbocycles. The molecule has 4 heteroatoms. The molecule has 0 unspecified atom stereocenters. The second kappa shape index (κ2) is 7.26. The number of rotatable bonds is 4. The van der Waals surface area contributed by atoms with Gasteiger partial charge in [-0.1, -0.05) is 48.0 Å². The first kappa shape index (κ1) is 16.1. The van der Waals surface area contributed by atoms with Crippen LogP contribution < -0.4 is 0 Å². The van der Waals surface area contributed by atoms with E-state index in [4.69, 9.17) is 16.0 Å². The van der Waals surface area contributed by atoms with Gasteiger partial charge in [-0.3, -0.25) is 4.90 Å². The highest BCUT2D eigenvalue weighted by atomic mass is 35.5. The Hall–Kier alpha value is -2.36. The molecule has 126 valence electrons. The summed E-state index contributed by atoms with van der Waals surface area (Å²) in [6, 6.07) is 18.2. The molecule has 0 radical (unpaired) electrons. The van der Waals surface area contributed by atoms with Crippen molar-refractivity contribution >= 4 is 17.2 Å². The van der Waals surface area contributed by atoms with Crippen molar-refractivity contribution in [1.82, 2.24) is 9.88 Å². The summed E-state index contributed by atoms with van der Waals surface area (Å²) in [6.45, 7) is 2.66. The highest BCUT2D eigenvalue weighted by molar-refractivity contribution is 6.30. The van der Waals surface area contributed by atoms with Crippen LogP contribution in [0.1, 0.15) is 17.9 Å². The van der Waals surface area contributed by atoms with E-state index < -0.39 is 0 Å². The first-order chi connectivity index (χ1) is 12.3. The second-order valence-corrected chi connectivity index (χ2v) is 6.64. The van der Waals surface area contributed by atoms with Crippen molar-refractivity contribution < 1.29 is 4.42 Å². The van der Waals surface area contributed by atoms with Gasteiger partial charge < -0.3 is 4.42 Å². The molecular weight excluding hydrogens is 332 g/mol.